The Kier molecular flexibility index (Phi) is 6.46. The molecule has 8 heteroatoms. The number of hydrogen-bond donors (Lipinski definition) is 2. The van der Waals surface area contributed by atoms with E-state index in [-0.39, 0.29) is 26.5 Å². The SMILES string of the molecule is CC(C)NS(=O)(=O)c1cc(C(=O)NCc2ccccc2)c(Cl)cc1Cl. The molecule has 0 aliphatic carbocycles. The number of sulfonamides is 1. The largest absolute Gasteiger partial charge is 0.348 e. The molecule has 0 bridgehead atoms. The van der Waals surface area contributed by atoms with Crippen molar-refractivity contribution in [1.29, 1.82) is 0 Å². The maximum Gasteiger partial charge on any atom is 0.253 e. The lowest BCUT2D eigenvalue weighted by atomic mass is 10.2. The van der Waals surface area contributed by atoms with Gasteiger partial charge in [0.05, 0.1) is 15.6 Å². The topological polar surface area (TPSA) is 75.3 Å². The average Bonchev–Trinajstić information content (AvgIpc) is 2.52. The van der Waals surface area contributed by atoms with E-state index in [0.29, 0.717) is 6.54 Å². The molecule has 0 radical (unpaired) electrons. The van der Waals surface area contributed by atoms with Crippen LogP contribution >= 0.6 is 23.2 Å². The summed E-state index contributed by atoms with van der Waals surface area (Å²) in [5.41, 5.74) is 0.960. The van der Waals surface area contributed by atoms with Gasteiger partial charge in [0.15, 0.2) is 0 Å². The fourth-order valence-electron chi connectivity index (χ4n) is 2.16. The highest BCUT2D eigenvalue weighted by atomic mass is 35.5. The summed E-state index contributed by atoms with van der Waals surface area (Å²) in [5, 5.41) is 2.75. The van der Waals surface area contributed by atoms with Crippen LogP contribution in [0.5, 0.6) is 0 Å². The molecule has 1 amide bonds. The number of rotatable bonds is 6. The van der Waals surface area contributed by atoms with Crippen LogP contribution < -0.4 is 10.0 Å². The van der Waals surface area contributed by atoms with Gasteiger partial charge < -0.3 is 5.32 Å². The number of nitrogens with one attached hydrogen (secondary N) is 2. The predicted octanol–water partition coefficient (Wildman–Crippen LogP) is 3.61. The van der Waals surface area contributed by atoms with E-state index < -0.39 is 15.9 Å². The Morgan fingerprint density at radius 1 is 1.08 bits per heavy atom. The molecule has 0 fully saturated rings. The summed E-state index contributed by atoms with van der Waals surface area (Å²) in [7, 11) is -3.85. The van der Waals surface area contributed by atoms with E-state index in [9.17, 15) is 13.2 Å². The molecule has 25 heavy (non-hydrogen) atoms. The zero-order chi connectivity index (χ0) is 18.6. The number of carbonyl (C=O) groups excluding carboxylic acids is 1. The molecule has 2 N–H and O–H groups in total. The van der Waals surface area contributed by atoms with E-state index in [0.717, 1.165) is 5.56 Å². The van der Waals surface area contributed by atoms with Crippen molar-refractivity contribution < 1.29 is 13.2 Å². The first-order valence-electron chi connectivity index (χ1n) is 7.54. The third kappa shape index (κ3) is 5.19. The van der Waals surface area contributed by atoms with Crippen LogP contribution in [0.3, 0.4) is 0 Å². The molecule has 0 saturated carbocycles. The summed E-state index contributed by atoms with van der Waals surface area (Å²) in [6.45, 7) is 3.68. The van der Waals surface area contributed by atoms with Crippen LogP contribution in [0.25, 0.3) is 0 Å². The monoisotopic (exact) mass is 400 g/mol. The molecule has 0 atom stereocenters. The molecule has 2 aromatic carbocycles. The fourth-order valence-corrected chi connectivity index (χ4v) is 4.27. The Balaban J connectivity index is 2.29. The van der Waals surface area contributed by atoms with Crippen LogP contribution in [0.2, 0.25) is 10.0 Å². The summed E-state index contributed by atoms with van der Waals surface area (Å²) in [6, 6.07) is 11.5. The second-order valence-electron chi connectivity index (χ2n) is 5.71. The van der Waals surface area contributed by atoms with E-state index in [1.54, 1.807) is 13.8 Å². The minimum Gasteiger partial charge on any atom is -0.348 e. The van der Waals surface area contributed by atoms with Crippen molar-refractivity contribution in [2.45, 2.75) is 31.3 Å². The molecule has 2 aromatic rings. The van der Waals surface area contributed by atoms with Gasteiger partial charge in [-0.15, -0.1) is 0 Å². The number of benzene rings is 2. The molecule has 0 heterocycles. The molecule has 5 nitrogen and oxygen atoms in total. The van der Waals surface area contributed by atoms with Crippen molar-refractivity contribution in [2.24, 2.45) is 0 Å². The predicted molar refractivity (Wildman–Crippen MR) is 99.5 cm³/mol. The molecular formula is C17H18Cl2N2O3S. The third-order valence-corrected chi connectivity index (χ3v) is 5.68. The first-order chi connectivity index (χ1) is 11.7. The molecule has 0 spiro atoms. The van der Waals surface area contributed by atoms with Crippen molar-refractivity contribution in [1.82, 2.24) is 10.0 Å². The van der Waals surface area contributed by atoms with Crippen molar-refractivity contribution in [3.05, 3.63) is 63.6 Å². The Morgan fingerprint density at radius 3 is 2.32 bits per heavy atom. The lowest BCUT2D eigenvalue weighted by molar-refractivity contribution is 0.0951. The van der Waals surface area contributed by atoms with E-state index in [2.05, 4.69) is 10.0 Å². The zero-order valence-electron chi connectivity index (χ0n) is 13.7. The smallest absolute Gasteiger partial charge is 0.253 e. The van der Waals surface area contributed by atoms with Gasteiger partial charge in [0.25, 0.3) is 5.91 Å². The fraction of sp³-hybridized carbons (Fsp3) is 0.235. The molecule has 134 valence electrons. The van der Waals surface area contributed by atoms with Crippen LogP contribution in [-0.4, -0.2) is 20.4 Å². The number of amides is 1. The molecule has 0 unspecified atom stereocenters. The second kappa shape index (κ2) is 8.19. The third-order valence-electron chi connectivity index (χ3n) is 3.24. The molecular weight excluding hydrogens is 383 g/mol. The van der Waals surface area contributed by atoms with Crippen LogP contribution in [0.15, 0.2) is 47.4 Å². The average molecular weight is 401 g/mol. The van der Waals surface area contributed by atoms with Gasteiger partial charge >= 0.3 is 0 Å². The highest BCUT2D eigenvalue weighted by Gasteiger charge is 2.23. The Hall–Kier alpha value is -1.60. The maximum absolute atomic E-state index is 12.4. The van der Waals surface area contributed by atoms with Gasteiger partial charge in [-0.25, -0.2) is 13.1 Å². The summed E-state index contributed by atoms with van der Waals surface area (Å²) in [4.78, 5) is 12.2. The first kappa shape index (κ1) is 19.7. The standard InChI is InChI=1S/C17H18Cl2N2O3S/c1-11(2)21-25(23,24)16-8-13(14(18)9-15(16)19)17(22)20-10-12-6-4-3-5-7-12/h3-9,11,21H,10H2,1-2H3,(H,20,22). The maximum atomic E-state index is 12.4. The van der Waals surface area contributed by atoms with Crippen molar-refractivity contribution in [2.75, 3.05) is 0 Å². The van der Waals surface area contributed by atoms with Gasteiger partial charge in [-0.3, -0.25) is 4.79 Å². The van der Waals surface area contributed by atoms with Crippen LogP contribution in [0.1, 0.15) is 29.8 Å². The quantitative estimate of drug-likeness (QED) is 0.777. The number of carbonyl (C=O) groups is 1. The molecule has 2 rings (SSSR count). The lowest BCUT2D eigenvalue weighted by Gasteiger charge is -2.13. The van der Waals surface area contributed by atoms with Gasteiger partial charge in [0.2, 0.25) is 10.0 Å². The first-order valence-corrected chi connectivity index (χ1v) is 9.78. The van der Waals surface area contributed by atoms with E-state index in [1.165, 1.54) is 12.1 Å². The van der Waals surface area contributed by atoms with Gasteiger partial charge in [0, 0.05) is 12.6 Å². The lowest BCUT2D eigenvalue weighted by Crippen LogP contribution is -2.31. The molecule has 0 aliphatic rings. The number of hydrogen-bond acceptors (Lipinski definition) is 3. The van der Waals surface area contributed by atoms with Gasteiger partial charge in [-0.05, 0) is 31.5 Å². The summed E-state index contributed by atoms with van der Waals surface area (Å²) in [6.07, 6.45) is 0. The van der Waals surface area contributed by atoms with E-state index >= 15 is 0 Å². The normalized spacial score (nSPS) is 11.6. The summed E-state index contributed by atoms with van der Waals surface area (Å²) < 4.78 is 27.1. The van der Waals surface area contributed by atoms with E-state index in [1.807, 2.05) is 30.3 Å². The van der Waals surface area contributed by atoms with Crippen molar-refractivity contribution in [3.8, 4) is 0 Å². The summed E-state index contributed by atoms with van der Waals surface area (Å²) in [5.74, 6) is -0.480. The van der Waals surface area contributed by atoms with Crippen LogP contribution in [-0.2, 0) is 16.6 Å². The highest BCUT2D eigenvalue weighted by molar-refractivity contribution is 7.89. The zero-order valence-corrected chi connectivity index (χ0v) is 16.0. The molecule has 0 saturated heterocycles. The minimum atomic E-state index is -3.85. The van der Waals surface area contributed by atoms with Gasteiger partial charge in [0.1, 0.15) is 4.90 Å². The summed E-state index contributed by atoms with van der Waals surface area (Å²) >= 11 is 12.1. The molecule has 0 aliphatic heterocycles. The Morgan fingerprint density at radius 2 is 1.72 bits per heavy atom. The van der Waals surface area contributed by atoms with Crippen molar-refractivity contribution >= 4 is 39.1 Å². The van der Waals surface area contributed by atoms with Crippen LogP contribution in [0.4, 0.5) is 0 Å². The molecule has 0 aromatic heterocycles. The van der Waals surface area contributed by atoms with E-state index in [4.69, 9.17) is 23.2 Å². The van der Waals surface area contributed by atoms with Crippen LogP contribution in [0, 0.1) is 0 Å². The van der Waals surface area contributed by atoms with Gasteiger partial charge in [-0.1, -0.05) is 53.5 Å². The minimum absolute atomic E-state index is 0.0437. The number of halogens is 2. The Labute approximate surface area is 157 Å². The van der Waals surface area contributed by atoms with Crippen molar-refractivity contribution in [3.63, 3.8) is 0 Å². The Bertz CT molecular complexity index is 869. The second-order valence-corrected chi connectivity index (χ2v) is 8.20. The van der Waals surface area contributed by atoms with Gasteiger partial charge in [-0.2, -0.15) is 0 Å². The highest BCUT2D eigenvalue weighted by Crippen LogP contribution is 2.29.